The summed E-state index contributed by atoms with van der Waals surface area (Å²) in [6.45, 7) is 5.35. The number of aliphatic hydroxyl groups is 1. The van der Waals surface area contributed by atoms with Gasteiger partial charge >= 0.3 is 11.9 Å². The highest BCUT2D eigenvalue weighted by atomic mass is 32.2. The van der Waals surface area contributed by atoms with Crippen molar-refractivity contribution in [2.75, 3.05) is 52.6 Å². The van der Waals surface area contributed by atoms with Crippen LogP contribution in [0.15, 0.2) is 47.9 Å². The van der Waals surface area contributed by atoms with Gasteiger partial charge in [0.15, 0.2) is 45.7 Å². The number of hydrogen-bond donors (Lipinski definition) is 2. The number of rotatable bonds is 15. The smallest absolute Gasteiger partial charge is 0.338 e. The van der Waals surface area contributed by atoms with Crippen molar-refractivity contribution >= 4 is 40.7 Å². The van der Waals surface area contributed by atoms with Gasteiger partial charge in [0.2, 0.25) is 5.75 Å². The molecule has 2 aromatic carbocycles. The molecule has 3 N–H and O–H groups in total. The molecule has 4 aromatic rings. The molecule has 6 rings (SSSR count). The van der Waals surface area contributed by atoms with Crippen molar-refractivity contribution in [1.29, 1.82) is 0 Å². The number of carbonyl (C=O) groups excluding carboxylic acids is 2. The third-order valence-corrected chi connectivity index (χ3v) is 9.44. The first-order valence-corrected chi connectivity index (χ1v) is 17.6. The lowest BCUT2D eigenvalue weighted by atomic mass is 10.1. The second-order valence-corrected chi connectivity index (χ2v) is 13.3. The fourth-order valence-electron chi connectivity index (χ4n) is 5.99. The molecule has 0 spiro atoms. The quantitative estimate of drug-likeness (QED) is 0.132. The van der Waals surface area contributed by atoms with Crippen molar-refractivity contribution < 1.29 is 57.3 Å². The molecule has 0 amide bonds. The fraction of sp³-hybridized carbons (Fsp3) is 0.457. The maximum absolute atomic E-state index is 13.3. The van der Waals surface area contributed by atoms with Crippen LogP contribution in [-0.2, 0) is 23.7 Å². The standard InChI is InChI=1S/C35H41N5O12S/c1-7-47-32(42)18-8-10-21(11-9-18)48-14-20(41)16-53-34-39-25-29(36)37-17-38-30(25)40(34)31-28-27(51-35(2,3)52-28)24(50-31)15-49-33(43)19-12-22(44-4)26(46-6)23(13-19)45-5/h8-13,17,20,24,27-28,31,41H,7,14-16H2,1-6H3,(H2,36,37,38)/t20?,24-,27-,28-,31-/m1/s1. The number of ether oxygens (including phenoxy) is 9. The van der Waals surface area contributed by atoms with Crippen LogP contribution >= 0.6 is 11.8 Å². The Hall–Kier alpha value is -4.88. The number of thioether (sulfide) groups is 1. The van der Waals surface area contributed by atoms with E-state index in [2.05, 4.69) is 9.97 Å². The number of methoxy groups -OCH3 is 3. The molecule has 1 unspecified atom stereocenters. The van der Waals surface area contributed by atoms with Gasteiger partial charge in [0, 0.05) is 5.75 Å². The average molecular weight is 756 g/mol. The molecule has 0 aliphatic carbocycles. The molecule has 284 valence electrons. The van der Waals surface area contributed by atoms with E-state index in [0.29, 0.717) is 44.9 Å². The highest BCUT2D eigenvalue weighted by Gasteiger charge is 2.57. The minimum absolute atomic E-state index is 0.0386. The van der Waals surface area contributed by atoms with Crippen LogP contribution in [0.5, 0.6) is 23.0 Å². The van der Waals surface area contributed by atoms with E-state index in [9.17, 15) is 14.7 Å². The average Bonchev–Trinajstić information content (AvgIpc) is 3.79. The molecule has 2 aliphatic heterocycles. The molecule has 2 fully saturated rings. The minimum Gasteiger partial charge on any atom is -0.493 e. The summed E-state index contributed by atoms with van der Waals surface area (Å²) < 4.78 is 53.5. The van der Waals surface area contributed by atoms with E-state index in [1.807, 2.05) is 0 Å². The highest BCUT2D eigenvalue weighted by molar-refractivity contribution is 7.99. The van der Waals surface area contributed by atoms with E-state index in [0.717, 1.165) is 0 Å². The van der Waals surface area contributed by atoms with Crippen molar-refractivity contribution in [3.05, 3.63) is 53.9 Å². The van der Waals surface area contributed by atoms with Crippen LogP contribution in [0.2, 0.25) is 0 Å². The third-order valence-electron chi connectivity index (χ3n) is 8.34. The number of fused-ring (bicyclic) bond motifs is 2. The van der Waals surface area contributed by atoms with Gasteiger partial charge in [-0.25, -0.2) is 24.5 Å². The Bertz CT molecular complexity index is 1920. The Kier molecular flexibility index (Phi) is 11.4. The van der Waals surface area contributed by atoms with Gasteiger partial charge in [0.1, 0.15) is 43.6 Å². The SMILES string of the molecule is CCOC(=O)c1ccc(OCC(O)CSc2nc3c(N)ncnc3n2[C@@H]2O[C@H](COC(=O)c3cc(OC)c(OC)c(OC)c3)[C@H]3OC(C)(C)O[C@H]32)cc1. The predicted octanol–water partition coefficient (Wildman–Crippen LogP) is 3.42. The number of aromatic nitrogens is 4. The fourth-order valence-corrected chi connectivity index (χ4v) is 6.91. The van der Waals surface area contributed by atoms with E-state index in [1.54, 1.807) is 49.6 Å². The summed E-state index contributed by atoms with van der Waals surface area (Å²) in [6, 6.07) is 9.43. The number of carbonyl (C=O) groups is 2. The zero-order valence-corrected chi connectivity index (χ0v) is 30.8. The van der Waals surface area contributed by atoms with Gasteiger partial charge in [-0.3, -0.25) is 4.57 Å². The van der Waals surface area contributed by atoms with Gasteiger partial charge < -0.3 is 53.5 Å². The second-order valence-electron chi connectivity index (χ2n) is 12.4. The molecule has 0 saturated carbocycles. The van der Waals surface area contributed by atoms with Crippen LogP contribution in [0.25, 0.3) is 11.2 Å². The van der Waals surface area contributed by atoms with Crippen molar-refractivity contribution in [3.63, 3.8) is 0 Å². The molecule has 2 saturated heterocycles. The molecule has 2 aliphatic rings. The molecule has 2 aromatic heterocycles. The third kappa shape index (κ3) is 8.06. The molecular weight excluding hydrogens is 714 g/mol. The first kappa shape index (κ1) is 37.9. The van der Waals surface area contributed by atoms with E-state index in [-0.39, 0.29) is 37.0 Å². The first-order chi connectivity index (χ1) is 25.5. The summed E-state index contributed by atoms with van der Waals surface area (Å²) >= 11 is 1.23. The first-order valence-electron chi connectivity index (χ1n) is 16.6. The topological polar surface area (TPSA) is 207 Å². The van der Waals surface area contributed by atoms with Crippen LogP contribution in [0.3, 0.4) is 0 Å². The molecule has 4 heterocycles. The van der Waals surface area contributed by atoms with Crippen molar-refractivity contribution in [1.82, 2.24) is 19.5 Å². The number of esters is 2. The maximum Gasteiger partial charge on any atom is 0.338 e. The van der Waals surface area contributed by atoms with Crippen molar-refractivity contribution in [2.24, 2.45) is 0 Å². The van der Waals surface area contributed by atoms with E-state index in [1.165, 1.54) is 51.6 Å². The van der Waals surface area contributed by atoms with Crippen LogP contribution < -0.4 is 24.7 Å². The Morgan fingerprint density at radius 1 is 0.981 bits per heavy atom. The largest absolute Gasteiger partial charge is 0.493 e. The second kappa shape index (κ2) is 16.0. The summed E-state index contributed by atoms with van der Waals surface area (Å²) in [5.41, 5.74) is 7.49. The molecule has 17 nitrogen and oxygen atoms in total. The molecule has 5 atom stereocenters. The number of aliphatic hydroxyl groups excluding tert-OH is 1. The molecular formula is C35H41N5O12S. The highest BCUT2D eigenvalue weighted by Crippen LogP contribution is 2.46. The number of nitrogen functional groups attached to an aromatic ring is 1. The monoisotopic (exact) mass is 755 g/mol. The van der Waals surface area contributed by atoms with E-state index < -0.39 is 48.4 Å². The maximum atomic E-state index is 13.3. The molecule has 18 heteroatoms. The number of nitrogens with two attached hydrogens (primary N) is 1. The predicted molar refractivity (Wildman–Crippen MR) is 188 cm³/mol. The van der Waals surface area contributed by atoms with Crippen molar-refractivity contribution in [3.8, 4) is 23.0 Å². The zero-order chi connectivity index (χ0) is 37.9. The lowest BCUT2D eigenvalue weighted by Crippen LogP contribution is -2.33. The normalized spacial score (nSPS) is 20.8. The number of hydrogen-bond acceptors (Lipinski definition) is 17. The lowest BCUT2D eigenvalue weighted by Gasteiger charge is -2.25. The number of benzene rings is 2. The number of imidazole rings is 1. The lowest BCUT2D eigenvalue weighted by molar-refractivity contribution is -0.200. The van der Waals surface area contributed by atoms with E-state index >= 15 is 0 Å². The van der Waals surface area contributed by atoms with Crippen LogP contribution in [0, 0.1) is 0 Å². The van der Waals surface area contributed by atoms with Crippen LogP contribution in [0.4, 0.5) is 5.82 Å². The summed E-state index contributed by atoms with van der Waals surface area (Å²) in [4.78, 5) is 38.5. The molecule has 0 bridgehead atoms. The van der Waals surface area contributed by atoms with E-state index in [4.69, 9.17) is 53.3 Å². The number of anilines is 1. The Morgan fingerprint density at radius 3 is 2.32 bits per heavy atom. The van der Waals surface area contributed by atoms with Gasteiger partial charge in [-0.15, -0.1) is 0 Å². The summed E-state index contributed by atoms with van der Waals surface area (Å²) in [5, 5.41) is 11.3. The van der Waals surface area contributed by atoms with Gasteiger partial charge in [0.05, 0.1) is 45.2 Å². The molecule has 53 heavy (non-hydrogen) atoms. The van der Waals surface area contributed by atoms with Gasteiger partial charge in [-0.2, -0.15) is 0 Å². The Morgan fingerprint density at radius 2 is 1.66 bits per heavy atom. The van der Waals surface area contributed by atoms with Crippen molar-refractivity contribution in [2.45, 2.75) is 62.4 Å². The number of nitrogens with zero attached hydrogens (tertiary/aromatic N) is 4. The van der Waals surface area contributed by atoms with Gasteiger partial charge in [0.25, 0.3) is 0 Å². The Labute approximate surface area is 308 Å². The van der Waals surface area contributed by atoms with Crippen LogP contribution in [-0.4, -0.2) is 114 Å². The van der Waals surface area contributed by atoms with Gasteiger partial charge in [-0.05, 0) is 57.2 Å². The summed E-state index contributed by atoms with van der Waals surface area (Å²) in [5.74, 6) is -0.351. The minimum atomic E-state index is -0.990. The van der Waals surface area contributed by atoms with Gasteiger partial charge in [-0.1, -0.05) is 11.8 Å². The summed E-state index contributed by atoms with van der Waals surface area (Å²) in [6.07, 6.45) is -2.54. The zero-order valence-electron chi connectivity index (χ0n) is 30.0. The van der Waals surface area contributed by atoms with Crippen LogP contribution in [0.1, 0.15) is 47.7 Å². The summed E-state index contributed by atoms with van der Waals surface area (Å²) in [7, 11) is 4.37. The molecule has 0 radical (unpaired) electrons. The Balaban J connectivity index is 1.19.